The van der Waals surface area contributed by atoms with Crippen molar-refractivity contribution in [1.29, 1.82) is 0 Å². The van der Waals surface area contributed by atoms with Gasteiger partial charge in [0.25, 0.3) is 5.91 Å². The van der Waals surface area contributed by atoms with Gasteiger partial charge in [0, 0.05) is 12.1 Å². The van der Waals surface area contributed by atoms with Gasteiger partial charge in [-0.1, -0.05) is 71.9 Å². The maximum atomic E-state index is 12.4. The van der Waals surface area contributed by atoms with E-state index in [1.807, 2.05) is 85.1 Å². The number of carbonyl (C=O) groups is 1. The summed E-state index contributed by atoms with van der Waals surface area (Å²) in [5.41, 5.74) is 6.58. The molecule has 1 amide bonds. The van der Waals surface area contributed by atoms with Gasteiger partial charge in [0.15, 0.2) is 22.5 Å². The van der Waals surface area contributed by atoms with Crippen molar-refractivity contribution in [2.45, 2.75) is 32.2 Å². The number of amides is 1. The van der Waals surface area contributed by atoms with Crippen LogP contribution in [-0.4, -0.2) is 39.7 Å². The summed E-state index contributed by atoms with van der Waals surface area (Å²) in [5.74, 6) is 1.94. The highest BCUT2D eigenvalue weighted by Gasteiger charge is 2.14. The minimum Gasteiger partial charge on any atom is -0.493 e. The predicted molar refractivity (Wildman–Crippen MR) is 146 cm³/mol. The third kappa shape index (κ3) is 6.98. The highest BCUT2D eigenvalue weighted by atomic mass is 32.2. The molecule has 37 heavy (non-hydrogen) atoms. The fourth-order valence-corrected chi connectivity index (χ4v) is 4.35. The van der Waals surface area contributed by atoms with Crippen LogP contribution in [0.2, 0.25) is 0 Å². The number of nitrogens with zero attached hydrogens (tertiary/aromatic N) is 4. The number of ether oxygens (including phenoxy) is 2. The summed E-state index contributed by atoms with van der Waals surface area (Å²) < 4.78 is 13.3. The molecule has 0 saturated heterocycles. The molecule has 0 spiro atoms. The lowest BCUT2D eigenvalue weighted by Gasteiger charge is -2.11. The minimum atomic E-state index is -0.237. The summed E-state index contributed by atoms with van der Waals surface area (Å²) in [6, 6.07) is 23.5. The van der Waals surface area contributed by atoms with E-state index < -0.39 is 0 Å². The zero-order chi connectivity index (χ0) is 26.0. The van der Waals surface area contributed by atoms with Crippen molar-refractivity contribution < 1.29 is 14.3 Å². The van der Waals surface area contributed by atoms with Crippen LogP contribution in [0.4, 0.5) is 0 Å². The summed E-state index contributed by atoms with van der Waals surface area (Å²) in [7, 11) is 1.59. The average Bonchev–Trinajstić information content (AvgIpc) is 3.35. The maximum Gasteiger partial charge on any atom is 0.250 e. The second-order valence-corrected chi connectivity index (χ2v) is 9.13. The molecular weight excluding hydrogens is 486 g/mol. The Morgan fingerprint density at radius 1 is 1.05 bits per heavy atom. The first-order chi connectivity index (χ1) is 18.1. The molecule has 8 nitrogen and oxygen atoms in total. The largest absolute Gasteiger partial charge is 0.493 e. The summed E-state index contributed by atoms with van der Waals surface area (Å²) in [5, 5.41) is 13.4. The molecule has 4 rings (SSSR count). The Bertz CT molecular complexity index is 1350. The monoisotopic (exact) mass is 515 g/mol. The van der Waals surface area contributed by atoms with E-state index in [0.29, 0.717) is 29.8 Å². The van der Waals surface area contributed by atoms with Crippen LogP contribution in [-0.2, 0) is 17.9 Å². The van der Waals surface area contributed by atoms with Crippen LogP contribution in [0.5, 0.6) is 11.5 Å². The molecule has 0 saturated carbocycles. The lowest BCUT2D eigenvalue weighted by molar-refractivity contribution is -0.118. The SMILES string of the molecule is CCn1c(SCC(=O)N/N=C\c2ccc(OCc3ccccc3)c(OC)c2)nnc1-c1ccc(C)cc1. The van der Waals surface area contributed by atoms with Crippen molar-refractivity contribution in [3.63, 3.8) is 0 Å². The molecule has 1 heterocycles. The van der Waals surface area contributed by atoms with Gasteiger partial charge in [-0.15, -0.1) is 10.2 Å². The van der Waals surface area contributed by atoms with E-state index >= 15 is 0 Å². The molecule has 0 unspecified atom stereocenters. The molecule has 0 aliphatic rings. The Morgan fingerprint density at radius 3 is 2.57 bits per heavy atom. The first-order valence-corrected chi connectivity index (χ1v) is 12.9. The van der Waals surface area contributed by atoms with E-state index in [1.54, 1.807) is 19.4 Å². The Labute approximate surface area is 220 Å². The van der Waals surface area contributed by atoms with Crippen molar-refractivity contribution in [2.24, 2.45) is 5.10 Å². The topological polar surface area (TPSA) is 90.6 Å². The van der Waals surface area contributed by atoms with Gasteiger partial charge in [-0.25, -0.2) is 5.43 Å². The summed E-state index contributed by atoms with van der Waals surface area (Å²) in [4.78, 5) is 12.4. The molecule has 9 heteroatoms. The van der Waals surface area contributed by atoms with Gasteiger partial charge in [-0.3, -0.25) is 4.79 Å². The fourth-order valence-electron chi connectivity index (χ4n) is 3.56. The van der Waals surface area contributed by atoms with Crippen LogP contribution in [0, 0.1) is 6.92 Å². The molecule has 1 aromatic heterocycles. The zero-order valence-corrected chi connectivity index (χ0v) is 21.9. The minimum absolute atomic E-state index is 0.166. The van der Waals surface area contributed by atoms with E-state index in [1.165, 1.54) is 17.3 Å². The van der Waals surface area contributed by atoms with Gasteiger partial charge >= 0.3 is 0 Å². The number of hydrogen-bond donors (Lipinski definition) is 1. The Kier molecular flexibility index (Phi) is 8.93. The van der Waals surface area contributed by atoms with Gasteiger partial charge in [0.2, 0.25) is 0 Å². The number of thioether (sulfide) groups is 1. The number of benzene rings is 3. The average molecular weight is 516 g/mol. The molecule has 0 radical (unpaired) electrons. The number of aryl methyl sites for hydroxylation is 1. The lowest BCUT2D eigenvalue weighted by atomic mass is 10.1. The van der Waals surface area contributed by atoms with E-state index in [0.717, 1.165) is 22.5 Å². The van der Waals surface area contributed by atoms with Gasteiger partial charge in [-0.05, 0) is 43.2 Å². The fraction of sp³-hybridized carbons (Fsp3) is 0.214. The molecule has 0 aliphatic heterocycles. The molecule has 3 aromatic carbocycles. The first-order valence-electron chi connectivity index (χ1n) is 11.9. The molecule has 0 fully saturated rings. The summed E-state index contributed by atoms with van der Waals surface area (Å²) in [6.07, 6.45) is 1.57. The maximum absolute atomic E-state index is 12.4. The summed E-state index contributed by atoms with van der Waals surface area (Å²) >= 11 is 1.32. The standard InChI is InChI=1S/C28H29N5O3S/c1-4-33-27(23-13-10-20(2)11-14-23)31-32-28(33)37-19-26(34)30-29-17-22-12-15-24(25(16-22)35-3)36-18-21-8-6-5-7-9-21/h5-17H,4,18-19H2,1-3H3,(H,30,34)/b29-17-. The highest BCUT2D eigenvalue weighted by molar-refractivity contribution is 7.99. The number of hydrazone groups is 1. The molecule has 0 atom stereocenters. The Morgan fingerprint density at radius 2 is 1.84 bits per heavy atom. The number of nitrogens with one attached hydrogen (secondary N) is 1. The van der Waals surface area contributed by atoms with Crippen LogP contribution in [0.25, 0.3) is 11.4 Å². The Balaban J connectivity index is 1.31. The third-order valence-corrected chi connectivity index (χ3v) is 6.47. The number of carbonyl (C=O) groups excluding carboxylic acids is 1. The third-order valence-electron chi connectivity index (χ3n) is 5.50. The van der Waals surface area contributed by atoms with E-state index in [2.05, 4.69) is 20.7 Å². The second kappa shape index (κ2) is 12.7. The van der Waals surface area contributed by atoms with Crippen molar-refractivity contribution in [2.75, 3.05) is 12.9 Å². The predicted octanol–water partition coefficient (Wildman–Crippen LogP) is 5.10. The quantitative estimate of drug-likeness (QED) is 0.170. The van der Waals surface area contributed by atoms with Crippen molar-refractivity contribution >= 4 is 23.9 Å². The van der Waals surface area contributed by atoms with Gasteiger partial charge < -0.3 is 14.0 Å². The first kappa shape index (κ1) is 26.0. The number of hydrogen-bond acceptors (Lipinski definition) is 7. The summed E-state index contributed by atoms with van der Waals surface area (Å²) in [6.45, 7) is 5.22. The van der Waals surface area contributed by atoms with Crippen LogP contribution in [0.3, 0.4) is 0 Å². The second-order valence-electron chi connectivity index (χ2n) is 8.18. The Hall–Kier alpha value is -4.11. The zero-order valence-electron chi connectivity index (χ0n) is 21.0. The molecule has 4 aromatic rings. The van der Waals surface area contributed by atoms with E-state index in [9.17, 15) is 4.79 Å². The molecule has 1 N–H and O–H groups in total. The normalized spacial score (nSPS) is 11.0. The van der Waals surface area contributed by atoms with Crippen molar-refractivity contribution in [3.05, 3.63) is 89.5 Å². The molecule has 190 valence electrons. The number of rotatable bonds is 11. The highest BCUT2D eigenvalue weighted by Crippen LogP contribution is 2.28. The smallest absolute Gasteiger partial charge is 0.250 e. The van der Waals surface area contributed by atoms with Gasteiger partial charge in [0.1, 0.15) is 6.61 Å². The molecule has 0 bridgehead atoms. The lowest BCUT2D eigenvalue weighted by Crippen LogP contribution is -2.20. The number of methoxy groups -OCH3 is 1. The van der Waals surface area contributed by atoms with Crippen LogP contribution in [0.1, 0.15) is 23.6 Å². The van der Waals surface area contributed by atoms with Crippen LogP contribution in [0.15, 0.2) is 83.1 Å². The van der Waals surface area contributed by atoms with E-state index in [-0.39, 0.29) is 11.7 Å². The molecular formula is C28H29N5O3S. The van der Waals surface area contributed by atoms with Gasteiger partial charge in [-0.2, -0.15) is 5.10 Å². The van der Waals surface area contributed by atoms with Crippen molar-refractivity contribution in [3.8, 4) is 22.9 Å². The van der Waals surface area contributed by atoms with Crippen LogP contribution < -0.4 is 14.9 Å². The van der Waals surface area contributed by atoms with Crippen molar-refractivity contribution in [1.82, 2.24) is 20.2 Å². The van der Waals surface area contributed by atoms with E-state index in [4.69, 9.17) is 9.47 Å². The van der Waals surface area contributed by atoms with Crippen LogP contribution >= 0.6 is 11.8 Å². The number of aromatic nitrogens is 3. The van der Waals surface area contributed by atoms with Gasteiger partial charge in [0.05, 0.1) is 19.1 Å². The molecule has 0 aliphatic carbocycles.